The van der Waals surface area contributed by atoms with Gasteiger partial charge in [-0.05, 0) is 18.6 Å². The molecular weight excluding hydrogens is 186 g/mol. The second-order valence-electron chi connectivity index (χ2n) is 3.38. The zero-order valence-corrected chi connectivity index (χ0v) is 9.95. The van der Waals surface area contributed by atoms with Crippen molar-refractivity contribution in [2.24, 2.45) is 0 Å². The molecule has 1 aromatic rings. The summed E-state index contributed by atoms with van der Waals surface area (Å²) in [5.74, 6) is 1.14. The van der Waals surface area contributed by atoms with E-state index in [2.05, 4.69) is 28.2 Å². The Bertz CT molecular complexity index is 280. The van der Waals surface area contributed by atoms with Crippen LogP contribution in [0.1, 0.15) is 19.4 Å². The number of pyridine rings is 1. The van der Waals surface area contributed by atoms with E-state index in [1.807, 2.05) is 26.1 Å². The number of rotatable bonds is 1. The topological polar surface area (TPSA) is 28.2 Å². The summed E-state index contributed by atoms with van der Waals surface area (Å²) in [6.45, 7) is 10.4. The summed E-state index contributed by atoms with van der Waals surface area (Å²) < 4.78 is 0. The molecule has 2 rings (SSSR count). The van der Waals surface area contributed by atoms with Crippen molar-refractivity contribution in [2.75, 3.05) is 31.1 Å². The van der Waals surface area contributed by atoms with Gasteiger partial charge in [0.05, 0.1) is 0 Å². The Morgan fingerprint density at radius 1 is 1.27 bits per heavy atom. The Labute approximate surface area is 92.5 Å². The molecule has 2 heterocycles. The van der Waals surface area contributed by atoms with E-state index < -0.39 is 0 Å². The SMILES string of the molecule is CC.Cc1cccnc1N1CCNCC1. The van der Waals surface area contributed by atoms with E-state index in [0.29, 0.717) is 0 Å². The standard InChI is InChI=1S/C10H15N3.C2H6/c1-9-3-2-4-12-10(9)13-7-5-11-6-8-13;1-2/h2-4,11H,5-8H2,1H3;1-2H3. The average Bonchev–Trinajstić information content (AvgIpc) is 2.33. The minimum absolute atomic E-state index is 1.07. The van der Waals surface area contributed by atoms with E-state index in [9.17, 15) is 0 Å². The summed E-state index contributed by atoms with van der Waals surface area (Å²) in [7, 11) is 0. The lowest BCUT2D eigenvalue weighted by Crippen LogP contribution is -2.44. The number of nitrogens with one attached hydrogen (secondary N) is 1. The minimum Gasteiger partial charge on any atom is -0.354 e. The number of hydrogen-bond acceptors (Lipinski definition) is 3. The minimum atomic E-state index is 1.07. The molecule has 84 valence electrons. The van der Waals surface area contributed by atoms with Gasteiger partial charge in [-0.15, -0.1) is 0 Å². The van der Waals surface area contributed by atoms with Crippen molar-refractivity contribution in [2.45, 2.75) is 20.8 Å². The molecule has 0 spiro atoms. The fourth-order valence-electron chi connectivity index (χ4n) is 1.69. The summed E-state index contributed by atoms with van der Waals surface area (Å²) in [4.78, 5) is 6.74. The van der Waals surface area contributed by atoms with E-state index in [0.717, 1.165) is 32.0 Å². The zero-order valence-electron chi connectivity index (χ0n) is 9.95. The van der Waals surface area contributed by atoms with Crippen LogP contribution in [0.4, 0.5) is 5.82 Å². The van der Waals surface area contributed by atoms with Crippen molar-refractivity contribution in [3.8, 4) is 0 Å². The van der Waals surface area contributed by atoms with Gasteiger partial charge in [-0.2, -0.15) is 0 Å². The van der Waals surface area contributed by atoms with Crippen LogP contribution in [0.3, 0.4) is 0 Å². The maximum absolute atomic E-state index is 4.40. The summed E-state index contributed by atoms with van der Waals surface area (Å²) >= 11 is 0. The maximum Gasteiger partial charge on any atom is 0.131 e. The Kier molecular flexibility index (Phi) is 5.12. The van der Waals surface area contributed by atoms with Gasteiger partial charge in [-0.25, -0.2) is 4.98 Å². The van der Waals surface area contributed by atoms with Crippen LogP contribution in [0, 0.1) is 6.92 Å². The van der Waals surface area contributed by atoms with Crippen LogP contribution in [-0.2, 0) is 0 Å². The quantitative estimate of drug-likeness (QED) is 0.761. The van der Waals surface area contributed by atoms with E-state index in [4.69, 9.17) is 0 Å². The monoisotopic (exact) mass is 207 g/mol. The molecule has 15 heavy (non-hydrogen) atoms. The Morgan fingerprint density at radius 2 is 1.93 bits per heavy atom. The van der Waals surface area contributed by atoms with Gasteiger partial charge in [-0.3, -0.25) is 0 Å². The van der Waals surface area contributed by atoms with Crippen molar-refractivity contribution >= 4 is 5.82 Å². The first-order valence-corrected chi connectivity index (χ1v) is 5.75. The third-order valence-electron chi connectivity index (χ3n) is 2.40. The third kappa shape index (κ3) is 3.20. The van der Waals surface area contributed by atoms with Gasteiger partial charge in [0.25, 0.3) is 0 Å². The second-order valence-corrected chi connectivity index (χ2v) is 3.38. The maximum atomic E-state index is 4.40. The molecule has 1 N–H and O–H groups in total. The first-order valence-electron chi connectivity index (χ1n) is 5.75. The average molecular weight is 207 g/mol. The Hall–Kier alpha value is -1.09. The molecule has 0 aromatic carbocycles. The van der Waals surface area contributed by atoms with Crippen LogP contribution in [-0.4, -0.2) is 31.2 Å². The fraction of sp³-hybridized carbons (Fsp3) is 0.583. The van der Waals surface area contributed by atoms with Crippen LogP contribution >= 0.6 is 0 Å². The van der Waals surface area contributed by atoms with Crippen molar-refractivity contribution in [3.05, 3.63) is 23.9 Å². The number of nitrogens with zero attached hydrogens (tertiary/aromatic N) is 2. The fourth-order valence-corrected chi connectivity index (χ4v) is 1.69. The van der Waals surface area contributed by atoms with Gasteiger partial charge in [0.15, 0.2) is 0 Å². The molecule has 1 fully saturated rings. The third-order valence-corrected chi connectivity index (χ3v) is 2.40. The molecule has 1 saturated heterocycles. The lowest BCUT2D eigenvalue weighted by Gasteiger charge is -2.29. The van der Waals surface area contributed by atoms with Gasteiger partial charge in [0, 0.05) is 32.4 Å². The largest absolute Gasteiger partial charge is 0.354 e. The summed E-state index contributed by atoms with van der Waals surface area (Å²) in [5, 5.41) is 3.33. The molecule has 0 atom stereocenters. The highest BCUT2D eigenvalue weighted by Gasteiger charge is 2.12. The number of aryl methyl sites for hydroxylation is 1. The lowest BCUT2D eigenvalue weighted by atomic mass is 10.2. The second kappa shape index (κ2) is 6.40. The lowest BCUT2D eigenvalue weighted by molar-refractivity contribution is 0.584. The van der Waals surface area contributed by atoms with Crippen LogP contribution in [0.2, 0.25) is 0 Å². The van der Waals surface area contributed by atoms with E-state index >= 15 is 0 Å². The highest BCUT2D eigenvalue weighted by Crippen LogP contribution is 2.15. The first-order chi connectivity index (χ1) is 7.38. The molecule has 3 heteroatoms. The van der Waals surface area contributed by atoms with Gasteiger partial charge in [0.1, 0.15) is 5.82 Å². The van der Waals surface area contributed by atoms with Crippen molar-refractivity contribution in [1.82, 2.24) is 10.3 Å². The molecule has 0 bridgehead atoms. The molecule has 0 saturated carbocycles. The number of aromatic nitrogens is 1. The van der Waals surface area contributed by atoms with Crippen molar-refractivity contribution < 1.29 is 0 Å². The molecular formula is C12H21N3. The van der Waals surface area contributed by atoms with Crippen molar-refractivity contribution in [3.63, 3.8) is 0 Å². The summed E-state index contributed by atoms with van der Waals surface area (Å²) in [6, 6.07) is 4.10. The molecule has 0 amide bonds. The molecule has 1 aliphatic heterocycles. The normalized spacial score (nSPS) is 15.5. The Morgan fingerprint density at radius 3 is 2.53 bits per heavy atom. The van der Waals surface area contributed by atoms with Crippen LogP contribution in [0.5, 0.6) is 0 Å². The molecule has 0 radical (unpaired) electrons. The summed E-state index contributed by atoms with van der Waals surface area (Å²) in [6.07, 6.45) is 1.87. The van der Waals surface area contributed by atoms with Gasteiger partial charge >= 0.3 is 0 Å². The number of hydrogen-bond donors (Lipinski definition) is 1. The molecule has 0 unspecified atom stereocenters. The van der Waals surface area contributed by atoms with Gasteiger partial charge in [-0.1, -0.05) is 19.9 Å². The molecule has 1 aromatic heterocycles. The Balaban J connectivity index is 0.000000531. The predicted molar refractivity (Wildman–Crippen MR) is 65.4 cm³/mol. The zero-order chi connectivity index (χ0) is 11.1. The van der Waals surface area contributed by atoms with Gasteiger partial charge in [0.2, 0.25) is 0 Å². The van der Waals surface area contributed by atoms with Crippen LogP contribution in [0.25, 0.3) is 0 Å². The highest BCUT2D eigenvalue weighted by atomic mass is 15.2. The van der Waals surface area contributed by atoms with Crippen molar-refractivity contribution in [1.29, 1.82) is 0 Å². The smallest absolute Gasteiger partial charge is 0.131 e. The predicted octanol–water partition coefficient (Wildman–Crippen LogP) is 1.83. The molecule has 1 aliphatic rings. The molecule has 3 nitrogen and oxygen atoms in total. The van der Waals surface area contributed by atoms with E-state index in [-0.39, 0.29) is 0 Å². The highest BCUT2D eigenvalue weighted by molar-refractivity contribution is 5.46. The number of anilines is 1. The first kappa shape index (κ1) is 12.0. The summed E-state index contributed by atoms with van der Waals surface area (Å²) in [5.41, 5.74) is 1.27. The number of piperazine rings is 1. The van der Waals surface area contributed by atoms with E-state index in [1.165, 1.54) is 5.56 Å². The van der Waals surface area contributed by atoms with E-state index in [1.54, 1.807) is 0 Å². The van der Waals surface area contributed by atoms with Crippen LogP contribution < -0.4 is 10.2 Å². The van der Waals surface area contributed by atoms with Crippen LogP contribution in [0.15, 0.2) is 18.3 Å². The van der Waals surface area contributed by atoms with Gasteiger partial charge < -0.3 is 10.2 Å². The molecule has 0 aliphatic carbocycles.